The predicted molar refractivity (Wildman–Crippen MR) is 162 cm³/mol. The smallest absolute Gasteiger partial charge is 0.302 e. The molecule has 3 aromatic carbocycles. The molecule has 0 fully saturated rings. The maximum atomic E-state index is 11.4. The highest BCUT2D eigenvalue weighted by atomic mass is 79.9. The third-order valence-corrected chi connectivity index (χ3v) is 11.9. The van der Waals surface area contributed by atoms with Crippen LogP contribution in [0.4, 0.5) is 0 Å². The van der Waals surface area contributed by atoms with E-state index in [0.29, 0.717) is 0 Å². The lowest BCUT2D eigenvalue weighted by Crippen LogP contribution is -3.00. The number of hydrogen-bond acceptors (Lipinski definition) is 2. The fourth-order valence-corrected chi connectivity index (χ4v) is 9.66. The van der Waals surface area contributed by atoms with Crippen molar-refractivity contribution >= 4 is 29.1 Å². The molecule has 2 nitrogen and oxygen atoms in total. The number of unbranched alkanes of at least 4 members (excludes halogenated alkanes) is 6. The molecular formula is C34H44BrO2P. The zero-order valence-corrected chi connectivity index (χ0v) is 25.6. The predicted octanol–water partition coefficient (Wildman–Crippen LogP) is 4.86. The van der Waals surface area contributed by atoms with Gasteiger partial charge in [0.25, 0.3) is 0 Å². The number of carbonyl (C=O) groups excluding carboxylic acids is 1. The van der Waals surface area contributed by atoms with Gasteiger partial charge < -0.3 is 21.7 Å². The summed E-state index contributed by atoms with van der Waals surface area (Å²) in [7, 11) is -1.70. The lowest BCUT2D eigenvalue weighted by Gasteiger charge is -2.27. The molecule has 204 valence electrons. The summed E-state index contributed by atoms with van der Waals surface area (Å²) in [5.74, 6) is 0.00506. The van der Waals surface area contributed by atoms with Crippen molar-refractivity contribution in [2.24, 2.45) is 5.92 Å². The molecule has 0 aliphatic rings. The van der Waals surface area contributed by atoms with E-state index < -0.39 is 7.26 Å². The molecular weight excluding hydrogens is 551 g/mol. The molecule has 0 spiro atoms. The van der Waals surface area contributed by atoms with Gasteiger partial charge in [0.05, 0.1) is 6.16 Å². The molecule has 0 aliphatic carbocycles. The Labute approximate surface area is 242 Å². The fourth-order valence-electron chi connectivity index (χ4n) is 5.25. The normalized spacial score (nSPS) is 12.7. The summed E-state index contributed by atoms with van der Waals surface area (Å²) >= 11 is 0. The monoisotopic (exact) mass is 594 g/mol. The molecule has 0 N–H and O–H groups in total. The number of hydrogen-bond donors (Lipinski definition) is 0. The van der Waals surface area contributed by atoms with Crippen molar-refractivity contribution in [3.05, 3.63) is 104 Å². The Morgan fingerprint density at radius 2 is 1.13 bits per heavy atom. The van der Waals surface area contributed by atoms with Crippen LogP contribution in [0.3, 0.4) is 0 Å². The molecule has 0 heterocycles. The quantitative estimate of drug-likeness (QED) is 0.102. The summed E-state index contributed by atoms with van der Waals surface area (Å²) in [5, 5.41) is 4.43. The Morgan fingerprint density at radius 1 is 0.737 bits per heavy atom. The molecule has 2 atom stereocenters. The van der Waals surface area contributed by atoms with E-state index >= 15 is 0 Å². The van der Waals surface area contributed by atoms with E-state index in [2.05, 4.69) is 104 Å². The first-order valence-corrected chi connectivity index (χ1v) is 15.9. The van der Waals surface area contributed by atoms with Crippen LogP contribution in [0, 0.1) is 5.92 Å². The van der Waals surface area contributed by atoms with E-state index in [4.69, 9.17) is 4.74 Å². The molecule has 4 heteroatoms. The molecule has 0 saturated carbocycles. The molecule has 0 unspecified atom stereocenters. The van der Waals surface area contributed by atoms with Crippen LogP contribution in [0.1, 0.15) is 65.2 Å². The first-order valence-electron chi connectivity index (χ1n) is 13.9. The van der Waals surface area contributed by atoms with Gasteiger partial charge in [-0.1, -0.05) is 93.3 Å². The number of rotatable bonds is 16. The van der Waals surface area contributed by atoms with Crippen molar-refractivity contribution in [1.82, 2.24) is 0 Å². The van der Waals surface area contributed by atoms with Crippen LogP contribution in [-0.2, 0) is 9.53 Å². The van der Waals surface area contributed by atoms with Crippen molar-refractivity contribution < 1.29 is 26.5 Å². The average molecular weight is 596 g/mol. The second-order valence-corrected chi connectivity index (χ2v) is 13.7. The number of esters is 1. The topological polar surface area (TPSA) is 26.3 Å². The molecule has 3 aromatic rings. The summed E-state index contributed by atoms with van der Waals surface area (Å²) in [6.45, 7) is 7.43. The van der Waals surface area contributed by atoms with Crippen LogP contribution in [0.5, 0.6) is 0 Å². The Morgan fingerprint density at radius 3 is 1.53 bits per heavy atom. The molecule has 0 aromatic heterocycles. The summed E-state index contributed by atoms with van der Waals surface area (Å²) in [6.07, 6.45) is 12.5. The number of benzene rings is 3. The van der Waals surface area contributed by atoms with E-state index in [9.17, 15) is 4.79 Å². The van der Waals surface area contributed by atoms with Gasteiger partial charge in [-0.15, -0.1) is 6.58 Å². The van der Waals surface area contributed by atoms with Gasteiger partial charge in [-0.2, -0.15) is 0 Å². The van der Waals surface area contributed by atoms with Crippen LogP contribution in [-0.4, -0.2) is 18.2 Å². The van der Waals surface area contributed by atoms with Crippen molar-refractivity contribution in [2.75, 3.05) is 6.16 Å². The van der Waals surface area contributed by atoms with Gasteiger partial charge in [-0.25, -0.2) is 0 Å². The van der Waals surface area contributed by atoms with E-state index in [1.165, 1.54) is 67.5 Å². The second-order valence-electron chi connectivity index (χ2n) is 10.0. The highest BCUT2D eigenvalue weighted by Crippen LogP contribution is 2.56. The molecule has 38 heavy (non-hydrogen) atoms. The first-order chi connectivity index (χ1) is 18.1. The van der Waals surface area contributed by atoms with Crippen LogP contribution in [0.2, 0.25) is 0 Å². The highest BCUT2D eigenvalue weighted by Gasteiger charge is 2.44. The van der Waals surface area contributed by atoms with E-state index in [-0.39, 0.29) is 35.0 Å². The Hall–Kier alpha value is -2.22. The minimum atomic E-state index is -1.70. The van der Waals surface area contributed by atoms with Gasteiger partial charge in [0.1, 0.15) is 29.3 Å². The molecule has 0 bridgehead atoms. The minimum Gasteiger partial charge on any atom is -1.00 e. The van der Waals surface area contributed by atoms with Crippen molar-refractivity contribution in [1.29, 1.82) is 0 Å². The third-order valence-electron chi connectivity index (χ3n) is 7.35. The van der Waals surface area contributed by atoms with Gasteiger partial charge in [0, 0.05) is 12.8 Å². The molecule has 0 saturated heterocycles. The van der Waals surface area contributed by atoms with Gasteiger partial charge >= 0.3 is 5.97 Å². The molecule has 3 rings (SSSR count). The summed E-state index contributed by atoms with van der Waals surface area (Å²) < 4.78 is 5.50. The summed E-state index contributed by atoms with van der Waals surface area (Å²) in [5.41, 5.74) is 0. The lowest BCUT2D eigenvalue weighted by atomic mass is 9.98. The zero-order valence-electron chi connectivity index (χ0n) is 23.1. The van der Waals surface area contributed by atoms with E-state index in [1.807, 2.05) is 6.08 Å². The van der Waals surface area contributed by atoms with Crippen LogP contribution in [0.25, 0.3) is 0 Å². The van der Waals surface area contributed by atoms with E-state index in [1.54, 1.807) is 0 Å². The van der Waals surface area contributed by atoms with Gasteiger partial charge in [-0.05, 0) is 62.1 Å². The van der Waals surface area contributed by atoms with E-state index in [0.717, 1.165) is 12.8 Å². The molecule has 0 aliphatic heterocycles. The Kier molecular flexibility index (Phi) is 14.6. The Balaban J connectivity index is 0.00000507. The van der Waals surface area contributed by atoms with Crippen molar-refractivity contribution in [3.63, 3.8) is 0 Å². The highest BCUT2D eigenvalue weighted by molar-refractivity contribution is 7.95. The number of carbonyl (C=O) groups is 1. The van der Waals surface area contributed by atoms with Crippen LogP contribution in [0.15, 0.2) is 104 Å². The number of halogens is 1. The summed E-state index contributed by atoms with van der Waals surface area (Å²) in [6, 6.07) is 33.6. The van der Waals surface area contributed by atoms with Crippen molar-refractivity contribution in [3.8, 4) is 0 Å². The zero-order chi connectivity index (χ0) is 26.3. The largest absolute Gasteiger partial charge is 1.00 e. The standard InChI is InChI=1S/C34H44O2P.BrH/c1-4-29(2)34(36-30(3)35)27-19-8-6-5-7-9-20-28-37(31-21-13-10-14-22-31,32-23-15-11-16-24-32)33-25-17-12-18-26-33;/h4,10-18,21-26,29,34H,1,5-9,19-20,27-28H2,2-3H3;1H/q+1;/p-1/t29-,34-;/m0./s1. The van der Waals surface area contributed by atoms with Gasteiger partial charge in [-0.3, -0.25) is 4.79 Å². The minimum absolute atomic E-state index is 0. The summed E-state index contributed by atoms with van der Waals surface area (Å²) in [4.78, 5) is 11.4. The first kappa shape index (κ1) is 32.0. The third kappa shape index (κ3) is 9.21. The SMILES string of the molecule is C=C[C@H](C)[C@H](CCCCCCCCC[P+](c1ccccc1)(c1ccccc1)c1ccccc1)OC(C)=O.[Br-]. The maximum absolute atomic E-state index is 11.4. The van der Waals surface area contributed by atoms with Crippen LogP contribution < -0.4 is 32.9 Å². The molecule has 0 amide bonds. The van der Waals surface area contributed by atoms with Crippen molar-refractivity contribution in [2.45, 2.75) is 71.3 Å². The van der Waals surface area contributed by atoms with Gasteiger partial charge in [0.2, 0.25) is 0 Å². The van der Waals surface area contributed by atoms with Crippen LogP contribution >= 0.6 is 7.26 Å². The fraction of sp³-hybridized carbons (Fsp3) is 0.382. The maximum Gasteiger partial charge on any atom is 0.302 e. The molecule has 0 radical (unpaired) electrons. The second kappa shape index (κ2) is 17.4. The Bertz CT molecular complexity index is 959. The number of ether oxygens (including phenoxy) is 1. The average Bonchev–Trinajstić information content (AvgIpc) is 2.94. The van der Waals surface area contributed by atoms with Gasteiger partial charge in [0.15, 0.2) is 0 Å². The lowest BCUT2D eigenvalue weighted by molar-refractivity contribution is -0.148.